The van der Waals surface area contributed by atoms with Gasteiger partial charge < -0.3 is 11.5 Å². The largest absolute Gasteiger partial charge is 0.383 e. The average Bonchev–Trinajstić information content (AvgIpc) is 2.18. The summed E-state index contributed by atoms with van der Waals surface area (Å²) >= 11 is 0. The van der Waals surface area contributed by atoms with Crippen molar-refractivity contribution in [2.24, 2.45) is 16.5 Å². The van der Waals surface area contributed by atoms with Crippen molar-refractivity contribution in [3.63, 3.8) is 0 Å². The zero-order valence-corrected chi connectivity index (χ0v) is 8.90. The van der Waals surface area contributed by atoms with Crippen LogP contribution in [0.1, 0.15) is 19.4 Å². The van der Waals surface area contributed by atoms with Crippen LogP contribution in [0.3, 0.4) is 0 Å². The van der Waals surface area contributed by atoms with Crippen LogP contribution in [0.15, 0.2) is 35.3 Å². The molecule has 0 spiro atoms. The molecule has 1 rings (SSSR count). The number of primary amides is 1. The Labute approximate surface area is 89.0 Å². The van der Waals surface area contributed by atoms with E-state index in [0.717, 1.165) is 5.56 Å². The molecule has 1 amide bonds. The monoisotopic (exact) mass is 205 g/mol. The first-order chi connectivity index (χ1) is 6.93. The first-order valence-corrected chi connectivity index (χ1v) is 4.64. The predicted octanol–water partition coefficient (Wildman–Crippen LogP) is 0.656. The zero-order chi connectivity index (χ0) is 11.5. The fourth-order valence-electron chi connectivity index (χ4n) is 1.03. The van der Waals surface area contributed by atoms with E-state index in [1.807, 2.05) is 30.3 Å². The molecule has 4 heteroatoms. The molecule has 0 saturated heterocycles. The molecule has 0 aliphatic heterocycles. The van der Waals surface area contributed by atoms with Gasteiger partial charge in [0.25, 0.3) is 0 Å². The minimum atomic E-state index is -0.972. The Balaban J connectivity index is 3.00. The maximum absolute atomic E-state index is 11.0. The summed E-state index contributed by atoms with van der Waals surface area (Å²) in [5.74, 6) is -0.180. The zero-order valence-electron chi connectivity index (χ0n) is 8.90. The second kappa shape index (κ2) is 4.13. The number of hydrogen-bond donors (Lipinski definition) is 2. The van der Waals surface area contributed by atoms with Crippen LogP contribution < -0.4 is 11.5 Å². The molecular weight excluding hydrogens is 190 g/mol. The molecule has 0 unspecified atom stereocenters. The van der Waals surface area contributed by atoms with Gasteiger partial charge in [-0.1, -0.05) is 30.3 Å². The van der Waals surface area contributed by atoms with E-state index < -0.39 is 11.4 Å². The molecule has 1 aromatic rings. The SMILES string of the molecule is CC(C)(N=C(N)c1ccccc1)C(N)=O. The molecule has 4 N–H and O–H groups in total. The fourth-order valence-corrected chi connectivity index (χ4v) is 1.03. The number of aliphatic imine (C=N–C) groups is 1. The highest BCUT2D eigenvalue weighted by atomic mass is 16.1. The third kappa shape index (κ3) is 2.80. The van der Waals surface area contributed by atoms with Gasteiger partial charge in [0, 0.05) is 5.56 Å². The van der Waals surface area contributed by atoms with Gasteiger partial charge in [0.1, 0.15) is 11.4 Å². The van der Waals surface area contributed by atoms with Crippen molar-refractivity contribution in [3.8, 4) is 0 Å². The van der Waals surface area contributed by atoms with Crippen LogP contribution in [0, 0.1) is 0 Å². The van der Waals surface area contributed by atoms with E-state index >= 15 is 0 Å². The number of amidine groups is 1. The number of benzene rings is 1. The highest BCUT2D eigenvalue weighted by Gasteiger charge is 2.24. The summed E-state index contributed by atoms with van der Waals surface area (Å²) in [6.45, 7) is 3.26. The second-order valence-corrected chi connectivity index (χ2v) is 3.79. The molecule has 0 aromatic heterocycles. The van der Waals surface area contributed by atoms with Crippen LogP contribution >= 0.6 is 0 Å². The van der Waals surface area contributed by atoms with Crippen molar-refractivity contribution >= 4 is 11.7 Å². The summed E-state index contributed by atoms with van der Waals surface area (Å²) < 4.78 is 0. The van der Waals surface area contributed by atoms with Crippen LogP contribution in [0.25, 0.3) is 0 Å². The molecule has 15 heavy (non-hydrogen) atoms. The maximum Gasteiger partial charge on any atom is 0.244 e. The van der Waals surface area contributed by atoms with Gasteiger partial charge in [0.05, 0.1) is 0 Å². The molecule has 0 radical (unpaired) electrons. The van der Waals surface area contributed by atoms with Crippen LogP contribution in [-0.4, -0.2) is 17.3 Å². The standard InChI is InChI=1S/C11H15N3O/c1-11(2,10(13)15)14-9(12)8-6-4-3-5-7-8/h3-7H,1-2H3,(H2,12,14)(H2,13,15). The van der Waals surface area contributed by atoms with Crippen molar-refractivity contribution in [2.75, 3.05) is 0 Å². The molecule has 0 heterocycles. The summed E-state index contributed by atoms with van der Waals surface area (Å²) in [6, 6.07) is 9.26. The average molecular weight is 205 g/mol. The quantitative estimate of drug-likeness (QED) is 0.561. The van der Waals surface area contributed by atoms with E-state index in [9.17, 15) is 4.79 Å². The van der Waals surface area contributed by atoms with Crippen LogP contribution in [0.5, 0.6) is 0 Å². The highest BCUT2D eigenvalue weighted by molar-refractivity contribution is 5.99. The van der Waals surface area contributed by atoms with Crippen molar-refractivity contribution in [1.82, 2.24) is 0 Å². The first kappa shape index (κ1) is 11.2. The van der Waals surface area contributed by atoms with Gasteiger partial charge in [-0.15, -0.1) is 0 Å². The van der Waals surface area contributed by atoms with E-state index in [4.69, 9.17) is 11.5 Å². The van der Waals surface area contributed by atoms with Gasteiger partial charge in [0.15, 0.2) is 0 Å². The van der Waals surface area contributed by atoms with Gasteiger partial charge in [-0.3, -0.25) is 9.79 Å². The lowest BCUT2D eigenvalue weighted by Crippen LogP contribution is -2.38. The minimum absolute atomic E-state index is 0.319. The maximum atomic E-state index is 11.0. The van der Waals surface area contributed by atoms with Crippen molar-refractivity contribution in [2.45, 2.75) is 19.4 Å². The van der Waals surface area contributed by atoms with E-state index in [1.165, 1.54) is 0 Å². The Kier molecular flexibility index (Phi) is 3.09. The lowest BCUT2D eigenvalue weighted by Gasteiger charge is -2.15. The molecule has 0 atom stereocenters. The number of nitrogens with zero attached hydrogens (tertiary/aromatic N) is 1. The van der Waals surface area contributed by atoms with Crippen LogP contribution in [0.4, 0.5) is 0 Å². The lowest BCUT2D eigenvalue weighted by atomic mass is 10.1. The van der Waals surface area contributed by atoms with E-state index in [1.54, 1.807) is 13.8 Å². The number of rotatable bonds is 3. The van der Waals surface area contributed by atoms with Crippen LogP contribution in [-0.2, 0) is 4.79 Å². The Morgan fingerprint density at radius 1 is 1.20 bits per heavy atom. The Hall–Kier alpha value is -1.84. The number of nitrogens with two attached hydrogens (primary N) is 2. The first-order valence-electron chi connectivity index (χ1n) is 4.64. The molecule has 0 bridgehead atoms. The van der Waals surface area contributed by atoms with Gasteiger partial charge in [-0.25, -0.2) is 0 Å². The van der Waals surface area contributed by atoms with E-state index in [2.05, 4.69) is 4.99 Å². The molecular formula is C11H15N3O. The molecule has 1 aromatic carbocycles. The number of amides is 1. The summed E-state index contributed by atoms with van der Waals surface area (Å²) in [7, 11) is 0. The molecule has 0 saturated carbocycles. The summed E-state index contributed by atoms with van der Waals surface area (Å²) in [4.78, 5) is 15.1. The molecule has 0 aliphatic carbocycles. The predicted molar refractivity (Wildman–Crippen MR) is 60.4 cm³/mol. The third-order valence-electron chi connectivity index (χ3n) is 2.07. The summed E-state index contributed by atoms with van der Waals surface area (Å²) in [6.07, 6.45) is 0. The molecule has 0 fully saturated rings. The number of carbonyl (C=O) groups is 1. The number of hydrogen-bond acceptors (Lipinski definition) is 2. The smallest absolute Gasteiger partial charge is 0.244 e. The molecule has 80 valence electrons. The second-order valence-electron chi connectivity index (χ2n) is 3.79. The fraction of sp³-hybridized carbons (Fsp3) is 0.273. The number of carbonyl (C=O) groups excluding carboxylic acids is 1. The highest BCUT2D eigenvalue weighted by Crippen LogP contribution is 2.09. The van der Waals surface area contributed by atoms with Gasteiger partial charge in [-0.05, 0) is 13.8 Å². The van der Waals surface area contributed by atoms with Gasteiger partial charge in [-0.2, -0.15) is 0 Å². The minimum Gasteiger partial charge on any atom is -0.383 e. The Morgan fingerprint density at radius 3 is 2.20 bits per heavy atom. The van der Waals surface area contributed by atoms with Crippen molar-refractivity contribution in [1.29, 1.82) is 0 Å². The normalized spacial score (nSPS) is 12.5. The molecule has 0 aliphatic rings. The topological polar surface area (TPSA) is 81.5 Å². The van der Waals surface area contributed by atoms with Crippen LogP contribution in [0.2, 0.25) is 0 Å². The van der Waals surface area contributed by atoms with Crippen molar-refractivity contribution < 1.29 is 4.79 Å². The Bertz CT molecular complexity index is 382. The van der Waals surface area contributed by atoms with Crippen molar-refractivity contribution in [3.05, 3.63) is 35.9 Å². The summed E-state index contributed by atoms with van der Waals surface area (Å²) in [5, 5.41) is 0. The third-order valence-corrected chi connectivity index (χ3v) is 2.07. The molecule has 4 nitrogen and oxygen atoms in total. The van der Waals surface area contributed by atoms with Gasteiger partial charge in [0.2, 0.25) is 5.91 Å². The Morgan fingerprint density at radius 2 is 1.73 bits per heavy atom. The van der Waals surface area contributed by atoms with E-state index in [0.29, 0.717) is 5.84 Å². The van der Waals surface area contributed by atoms with Gasteiger partial charge >= 0.3 is 0 Å². The van der Waals surface area contributed by atoms with E-state index in [-0.39, 0.29) is 0 Å². The summed E-state index contributed by atoms with van der Waals surface area (Å²) in [5.41, 5.74) is 10.8. The lowest BCUT2D eigenvalue weighted by molar-refractivity contribution is -0.121.